The molecule has 0 bridgehead atoms. The van der Waals surface area contributed by atoms with Crippen LogP contribution in [0, 0.1) is 6.92 Å². The highest BCUT2D eigenvalue weighted by Crippen LogP contribution is 2.41. The first-order valence-corrected chi connectivity index (χ1v) is 5.70. The first kappa shape index (κ1) is 10.00. The minimum atomic E-state index is -0.331. The lowest BCUT2D eigenvalue weighted by Gasteiger charge is -2.09. The molecule has 16 heavy (non-hydrogen) atoms. The molecule has 1 aromatic carbocycles. The van der Waals surface area contributed by atoms with Crippen LogP contribution in [0.3, 0.4) is 0 Å². The summed E-state index contributed by atoms with van der Waals surface area (Å²) in [5.74, 6) is 0.675. The molecule has 1 aliphatic carbocycles. The molecule has 3 rings (SSSR count). The Morgan fingerprint density at radius 3 is 2.75 bits per heavy atom. The molecular weight excluding hydrogens is 222 g/mol. The Morgan fingerprint density at radius 2 is 2.06 bits per heavy atom. The summed E-state index contributed by atoms with van der Waals surface area (Å²) < 4.78 is 0. The standard InChI is InChI=1S/C12H12ClN3/c1-7-2-3-9-8(6-7)10(13)16-11(15-9)12(14)4-5-12/h2-3,6H,4-5,14H2,1H3. The molecule has 82 valence electrons. The van der Waals surface area contributed by atoms with Crippen LogP contribution in [0.1, 0.15) is 24.2 Å². The monoisotopic (exact) mass is 233 g/mol. The molecule has 1 heterocycles. The Labute approximate surface area is 98.6 Å². The van der Waals surface area contributed by atoms with Gasteiger partial charge in [-0.1, -0.05) is 23.2 Å². The maximum absolute atomic E-state index is 6.16. The largest absolute Gasteiger partial charge is 0.319 e. The number of hydrogen-bond acceptors (Lipinski definition) is 3. The number of aromatic nitrogens is 2. The van der Waals surface area contributed by atoms with Gasteiger partial charge >= 0.3 is 0 Å². The second kappa shape index (κ2) is 3.15. The zero-order valence-corrected chi connectivity index (χ0v) is 9.75. The van der Waals surface area contributed by atoms with Gasteiger partial charge in [0.05, 0.1) is 11.1 Å². The Balaban J connectivity index is 2.26. The number of aryl methyl sites for hydroxylation is 1. The van der Waals surface area contributed by atoms with E-state index in [1.165, 1.54) is 0 Å². The van der Waals surface area contributed by atoms with Crippen molar-refractivity contribution in [2.75, 3.05) is 0 Å². The minimum Gasteiger partial charge on any atom is -0.319 e. The maximum Gasteiger partial charge on any atom is 0.150 e. The molecule has 2 N–H and O–H groups in total. The van der Waals surface area contributed by atoms with Crippen LogP contribution >= 0.6 is 11.6 Å². The second-order valence-electron chi connectivity index (χ2n) is 4.51. The van der Waals surface area contributed by atoms with Crippen LogP contribution in [0.5, 0.6) is 0 Å². The molecule has 0 saturated heterocycles. The van der Waals surface area contributed by atoms with Gasteiger partial charge in [-0.3, -0.25) is 0 Å². The van der Waals surface area contributed by atoms with Gasteiger partial charge < -0.3 is 5.73 Å². The number of hydrogen-bond donors (Lipinski definition) is 1. The number of nitrogens with two attached hydrogens (primary N) is 1. The van der Waals surface area contributed by atoms with E-state index < -0.39 is 0 Å². The maximum atomic E-state index is 6.16. The van der Waals surface area contributed by atoms with Gasteiger partial charge in [0.25, 0.3) is 0 Å². The van der Waals surface area contributed by atoms with Gasteiger partial charge in [0.1, 0.15) is 5.15 Å². The van der Waals surface area contributed by atoms with E-state index >= 15 is 0 Å². The molecule has 1 aromatic heterocycles. The van der Waals surface area contributed by atoms with Crippen molar-refractivity contribution >= 4 is 22.5 Å². The summed E-state index contributed by atoms with van der Waals surface area (Å²) in [6, 6.07) is 5.98. The molecule has 4 heteroatoms. The van der Waals surface area contributed by atoms with E-state index in [2.05, 4.69) is 9.97 Å². The van der Waals surface area contributed by atoms with Crippen LogP contribution in [-0.2, 0) is 5.54 Å². The fourth-order valence-corrected chi connectivity index (χ4v) is 2.02. The van der Waals surface area contributed by atoms with Crippen molar-refractivity contribution < 1.29 is 0 Å². The normalized spacial score (nSPS) is 17.7. The SMILES string of the molecule is Cc1ccc2nc(C3(N)CC3)nc(Cl)c2c1. The van der Waals surface area contributed by atoms with Crippen molar-refractivity contribution in [3.05, 3.63) is 34.7 Å². The van der Waals surface area contributed by atoms with Crippen LogP contribution in [0.2, 0.25) is 5.15 Å². The number of rotatable bonds is 1. The third-order valence-electron chi connectivity index (χ3n) is 3.04. The summed E-state index contributed by atoms with van der Waals surface area (Å²) in [5.41, 5.74) is 7.77. The third kappa shape index (κ3) is 1.47. The highest BCUT2D eigenvalue weighted by molar-refractivity contribution is 6.34. The topological polar surface area (TPSA) is 51.8 Å². The van der Waals surface area contributed by atoms with Crippen LogP contribution in [0.25, 0.3) is 10.9 Å². The van der Waals surface area contributed by atoms with Crippen molar-refractivity contribution in [1.82, 2.24) is 9.97 Å². The number of fused-ring (bicyclic) bond motifs is 1. The number of halogens is 1. The Kier molecular flexibility index (Phi) is 1.97. The summed E-state index contributed by atoms with van der Waals surface area (Å²) in [5, 5.41) is 1.40. The van der Waals surface area contributed by atoms with Gasteiger partial charge in [0.15, 0.2) is 5.82 Å². The quantitative estimate of drug-likeness (QED) is 0.771. The smallest absolute Gasteiger partial charge is 0.150 e. The predicted octanol–water partition coefficient (Wildman–Crippen LogP) is 2.54. The first-order valence-electron chi connectivity index (χ1n) is 5.32. The van der Waals surface area contributed by atoms with E-state index in [0.29, 0.717) is 11.0 Å². The van der Waals surface area contributed by atoms with E-state index in [9.17, 15) is 0 Å². The molecule has 3 nitrogen and oxygen atoms in total. The molecule has 0 atom stereocenters. The molecular formula is C12H12ClN3. The zero-order valence-electron chi connectivity index (χ0n) is 9.00. The number of benzene rings is 1. The average molecular weight is 234 g/mol. The molecule has 1 aliphatic rings. The minimum absolute atomic E-state index is 0.331. The summed E-state index contributed by atoms with van der Waals surface area (Å²) in [6.07, 6.45) is 1.89. The molecule has 0 unspecified atom stereocenters. The van der Waals surface area contributed by atoms with E-state index in [-0.39, 0.29) is 5.54 Å². The van der Waals surface area contributed by atoms with Crippen LogP contribution in [0.4, 0.5) is 0 Å². The first-order chi connectivity index (χ1) is 7.58. The summed E-state index contributed by atoms with van der Waals surface area (Å²) in [4.78, 5) is 8.80. The van der Waals surface area contributed by atoms with Crippen molar-refractivity contribution in [3.63, 3.8) is 0 Å². The highest BCUT2D eigenvalue weighted by atomic mass is 35.5. The van der Waals surface area contributed by atoms with Gasteiger partial charge in [0.2, 0.25) is 0 Å². The molecule has 0 radical (unpaired) electrons. The van der Waals surface area contributed by atoms with Crippen molar-refractivity contribution in [2.24, 2.45) is 5.73 Å². The lowest BCUT2D eigenvalue weighted by atomic mass is 10.1. The Hall–Kier alpha value is -1.19. The van der Waals surface area contributed by atoms with Gasteiger partial charge in [-0.25, -0.2) is 9.97 Å². The lowest BCUT2D eigenvalue weighted by molar-refractivity contribution is 0.678. The Bertz CT molecular complexity index is 576. The van der Waals surface area contributed by atoms with Crippen LogP contribution < -0.4 is 5.73 Å². The van der Waals surface area contributed by atoms with Crippen molar-refractivity contribution in [3.8, 4) is 0 Å². The highest BCUT2D eigenvalue weighted by Gasteiger charge is 2.43. The van der Waals surface area contributed by atoms with E-state index in [4.69, 9.17) is 17.3 Å². The molecule has 1 fully saturated rings. The van der Waals surface area contributed by atoms with Gasteiger partial charge in [-0.15, -0.1) is 0 Å². The van der Waals surface area contributed by atoms with Gasteiger partial charge in [-0.05, 0) is 31.9 Å². The molecule has 1 saturated carbocycles. The lowest BCUT2D eigenvalue weighted by Crippen LogP contribution is -2.22. The molecule has 0 amide bonds. The fourth-order valence-electron chi connectivity index (χ4n) is 1.79. The fraction of sp³-hybridized carbons (Fsp3) is 0.333. The van der Waals surface area contributed by atoms with Crippen molar-refractivity contribution in [1.29, 1.82) is 0 Å². The van der Waals surface area contributed by atoms with Gasteiger partial charge in [-0.2, -0.15) is 0 Å². The van der Waals surface area contributed by atoms with Crippen LogP contribution in [0.15, 0.2) is 18.2 Å². The predicted molar refractivity (Wildman–Crippen MR) is 64.4 cm³/mol. The van der Waals surface area contributed by atoms with Gasteiger partial charge in [0, 0.05) is 5.39 Å². The Morgan fingerprint density at radius 1 is 1.31 bits per heavy atom. The third-order valence-corrected chi connectivity index (χ3v) is 3.33. The summed E-state index contributed by atoms with van der Waals surface area (Å²) in [7, 11) is 0. The summed E-state index contributed by atoms with van der Waals surface area (Å²) in [6.45, 7) is 2.02. The second-order valence-corrected chi connectivity index (χ2v) is 4.87. The van der Waals surface area contributed by atoms with Crippen LogP contribution in [-0.4, -0.2) is 9.97 Å². The number of nitrogens with zero attached hydrogens (tertiary/aromatic N) is 2. The average Bonchev–Trinajstić information content (AvgIpc) is 2.99. The van der Waals surface area contributed by atoms with E-state index in [1.54, 1.807) is 0 Å². The molecule has 0 spiro atoms. The molecule has 0 aliphatic heterocycles. The van der Waals surface area contributed by atoms with Crippen molar-refractivity contribution in [2.45, 2.75) is 25.3 Å². The van der Waals surface area contributed by atoms with E-state index in [1.807, 2.05) is 25.1 Å². The zero-order chi connectivity index (χ0) is 11.3. The molecule has 2 aromatic rings. The van der Waals surface area contributed by atoms with E-state index in [0.717, 1.165) is 29.3 Å². The summed E-state index contributed by atoms with van der Waals surface area (Å²) >= 11 is 6.16.